The van der Waals surface area contributed by atoms with Gasteiger partial charge in [-0.3, -0.25) is 4.79 Å². The third-order valence-electron chi connectivity index (χ3n) is 3.35. The topological polar surface area (TPSA) is 84.9 Å². The van der Waals surface area contributed by atoms with Crippen molar-refractivity contribution in [2.24, 2.45) is 0 Å². The number of nitrogens with one attached hydrogen (secondary N) is 1. The average molecular weight is 323 g/mol. The summed E-state index contributed by atoms with van der Waals surface area (Å²) in [5, 5.41) is 11.1. The molecule has 0 aliphatic heterocycles. The number of unbranched alkanes of at least 4 members (excludes halogenated alkanes) is 3. The standard InChI is InChI=1S/C17H25NO5/c1-14(18-13-19)15-7-6-8-16(11-15)23-10-5-3-2-4-9-22-12-17(20)21/h6-8,11,13-14H,2-5,9-10,12H2,1H3,(H,18,19)(H,20,21). The van der Waals surface area contributed by atoms with Crippen molar-refractivity contribution >= 4 is 12.4 Å². The van der Waals surface area contributed by atoms with Crippen molar-refractivity contribution in [2.75, 3.05) is 19.8 Å². The van der Waals surface area contributed by atoms with E-state index >= 15 is 0 Å². The molecule has 1 aromatic carbocycles. The highest BCUT2D eigenvalue weighted by molar-refractivity contribution is 5.67. The number of hydrogen-bond donors (Lipinski definition) is 2. The second-order valence-corrected chi connectivity index (χ2v) is 5.29. The Labute approximate surface area is 136 Å². The molecule has 0 saturated carbocycles. The maximum atomic E-state index is 10.5. The maximum absolute atomic E-state index is 10.5. The molecule has 2 N–H and O–H groups in total. The van der Waals surface area contributed by atoms with Gasteiger partial charge in [-0.2, -0.15) is 0 Å². The molecule has 1 aromatic rings. The second-order valence-electron chi connectivity index (χ2n) is 5.29. The van der Waals surface area contributed by atoms with E-state index < -0.39 is 5.97 Å². The summed E-state index contributed by atoms with van der Waals surface area (Å²) in [4.78, 5) is 20.7. The number of ether oxygens (including phenoxy) is 2. The molecule has 0 bridgehead atoms. The van der Waals surface area contributed by atoms with Crippen LogP contribution in [0.3, 0.4) is 0 Å². The molecule has 0 heterocycles. The van der Waals surface area contributed by atoms with Gasteiger partial charge in [0.05, 0.1) is 12.6 Å². The normalized spacial score (nSPS) is 11.7. The van der Waals surface area contributed by atoms with Gasteiger partial charge >= 0.3 is 5.97 Å². The molecule has 23 heavy (non-hydrogen) atoms. The molecule has 1 atom stereocenters. The van der Waals surface area contributed by atoms with E-state index in [2.05, 4.69) is 5.32 Å². The number of rotatable bonds is 13. The smallest absolute Gasteiger partial charge is 0.329 e. The number of amides is 1. The molecule has 0 aliphatic rings. The lowest BCUT2D eigenvalue weighted by Crippen LogP contribution is -2.16. The van der Waals surface area contributed by atoms with Crippen LogP contribution in [0.4, 0.5) is 0 Å². The largest absolute Gasteiger partial charge is 0.494 e. The van der Waals surface area contributed by atoms with Gasteiger partial charge in [-0.15, -0.1) is 0 Å². The summed E-state index contributed by atoms with van der Waals surface area (Å²) in [7, 11) is 0. The summed E-state index contributed by atoms with van der Waals surface area (Å²) >= 11 is 0. The number of benzene rings is 1. The Hall–Kier alpha value is -2.08. The van der Waals surface area contributed by atoms with E-state index in [0.29, 0.717) is 19.6 Å². The molecule has 0 radical (unpaired) electrons. The van der Waals surface area contributed by atoms with Crippen molar-refractivity contribution in [3.8, 4) is 5.75 Å². The Morgan fingerprint density at radius 1 is 1.26 bits per heavy atom. The van der Waals surface area contributed by atoms with E-state index in [-0.39, 0.29) is 12.6 Å². The highest BCUT2D eigenvalue weighted by Crippen LogP contribution is 2.19. The van der Waals surface area contributed by atoms with Gasteiger partial charge in [0.2, 0.25) is 6.41 Å². The minimum atomic E-state index is -0.932. The summed E-state index contributed by atoms with van der Waals surface area (Å²) in [6, 6.07) is 7.65. The molecular weight excluding hydrogens is 298 g/mol. The molecule has 0 aromatic heterocycles. The van der Waals surface area contributed by atoms with Gasteiger partial charge in [0.15, 0.2) is 0 Å². The van der Waals surface area contributed by atoms with E-state index in [1.54, 1.807) is 0 Å². The van der Waals surface area contributed by atoms with Crippen molar-refractivity contribution in [3.63, 3.8) is 0 Å². The minimum absolute atomic E-state index is 0.0400. The Balaban J connectivity index is 2.12. The van der Waals surface area contributed by atoms with Crippen LogP contribution in [0.2, 0.25) is 0 Å². The zero-order valence-electron chi connectivity index (χ0n) is 13.5. The third kappa shape index (κ3) is 8.83. The summed E-state index contributed by atoms with van der Waals surface area (Å²) in [5.41, 5.74) is 1.00. The van der Waals surface area contributed by atoms with Gasteiger partial charge in [0.1, 0.15) is 12.4 Å². The van der Waals surface area contributed by atoms with Crippen LogP contribution in [-0.2, 0) is 14.3 Å². The zero-order valence-corrected chi connectivity index (χ0v) is 13.5. The quantitative estimate of drug-likeness (QED) is 0.430. The van der Waals surface area contributed by atoms with Crippen molar-refractivity contribution in [1.82, 2.24) is 5.32 Å². The van der Waals surface area contributed by atoms with E-state index in [9.17, 15) is 9.59 Å². The fraction of sp³-hybridized carbons (Fsp3) is 0.529. The predicted molar refractivity (Wildman–Crippen MR) is 86.5 cm³/mol. The summed E-state index contributed by atoms with van der Waals surface area (Å²) in [5.74, 6) is -0.134. The van der Waals surface area contributed by atoms with E-state index in [0.717, 1.165) is 37.0 Å². The maximum Gasteiger partial charge on any atom is 0.329 e. The lowest BCUT2D eigenvalue weighted by Gasteiger charge is -2.12. The first-order valence-corrected chi connectivity index (χ1v) is 7.85. The van der Waals surface area contributed by atoms with Crippen LogP contribution in [0.15, 0.2) is 24.3 Å². The van der Waals surface area contributed by atoms with E-state index in [1.165, 1.54) is 0 Å². The fourth-order valence-electron chi connectivity index (χ4n) is 2.08. The van der Waals surface area contributed by atoms with Gasteiger partial charge in [-0.25, -0.2) is 4.79 Å². The predicted octanol–water partition coefficient (Wildman–Crippen LogP) is 2.53. The van der Waals surface area contributed by atoms with Gasteiger partial charge in [-0.1, -0.05) is 18.6 Å². The first kappa shape index (κ1) is 19.0. The Bertz CT molecular complexity index is 478. The van der Waals surface area contributed by atoms with Crippen molar-refractivity contribution < 1.29 is 24.2 Å². The van der Waals surface area contributed by atoms with E-state index in [4.69, 9.17) is 14.6 Å². The number of hydrogen-bond acceptors (Lipinski definition) is 4. The molecule has 6 nitrogen and oxygen atoms in total. The van der Waals surface area contributed by atoms with Crippen LogP contribution in [0.1, 0.15) is 44.2 Å². The fourth-order valence-corrected chi connectivity index (χ4v) is 2.08. The van der Waals surface area contributed by atoms with Crippen LogP contribution in [-0.4, -0.2) is 37.3 Å². The average Bonchev–Trinajstić information content (AvgIpc) is 2.53. The third-order valence-corrected chi connectivity index (χ3v) is 3.35. The molecule has 0 fully saturated rings. The molecule has 1 amide bonds. The Morgan fingerprint density at radius 3 is 2.70 bits per heavy atom. The van der Waals surface area contributed by atoms with Crippen LogP contribution >= 0.6 is 0 Å². The molecular formula is C17H25NO5. The first-order chi connectivity index (χ1) is 11.1. The number of carboxylic acids is 1. The van der Waals surface area contributed by atoms with E-state index in [1.807, 2.05) is 31.2 Å². The summed E-state index contributed by atoms with van der Waals surface area (Å²) in [6.45, 7) is 2.81. The molecule has 1 rings (SSSR count). The number of carboxylic acid groups (broad SMARTS) is 1. The lowest BCUT2D eigenvalue weighted by atomic mass is 10.1. The second kappa shape index (κ2) is 11.5. The molecule has 1 unspecified atom stereocenters. The molecule has 6 heteroatoms. The SMILES string of the molecule is CC(NC=O)c1cccc(OCCCCCCOCC(=O)O)c1. The van der Waals surface area contributed by atoms with Gasteiger partial charge in [0, 0.05) is 6.61 Å². The summed E-state index contributed by atoms with van der Waals surface area (Å²) < 4.78 is 10.7. The van der Waals surface area contributed by atoms with Crippen LogP contribution in [0.5, 0.6) is 5.75 Å². The monoisotopic (exact) mass is 323 g/mol. The highest BCUT2D eigenvalue weighted by atomic mass is 16.5. The minimum Gasteiger partial charge on any atom is -0.494 e. The zero-order chi connectivity index (χ0) is 16.9. The number of aliphatic carboxylic acids is 1. The number of carbonyl (C=O) groups excluding carboxylic acids is 1. The molecule has 0 saturated heterocycles. The lowest BCUT2D eigenvalue weighted by molar-refractivity contribution is -0.142. The van der Waals surface area contributed by atoms with Gasteiger partial charge in [0.25, 0.3) is 0 Å². The van der Waals surface area contributed by atoms with Crippen molar-refractivity contribution in [2.45, 2.75) is 38.6 Å². The van der Waals surface area contributed by atoms with Crippen LogP contribution in [0, 0.1) is 0 Å². The van der Waals surface area contributed by atoms with Gasteiger partial charge in [-0.05, 0) is 43.9 Å². The molecule has 0 aliphatic carbocycles. The Morgan fingerprint density at radius 2 is 2.00 bits per heavy atom. The van der Waals surface area contributed by atoms with Crippen LogP contribution < -0.4 is 10.1 Å². The number of carbonyl (C=O) groups is 2. The van der Waals surface area contributed by atoms with Crippen molar-refractivity contribution in [3.05, 3.63) is 29.8 Å². The van der Waals surface area contributed by atoms with Crippen molar-refractivity contribution in [1.29, 1.82) is 0 Å². The first-order valence-electron chi connectivity index (χ1n) is 7.85. The molecule has 0 spiro atoms. The summed E-state index contributed by atoms with van der Waals surface area (Å²) in [6.07, 6.45) is 4.49. The Kier molecular flexibility index (Phi) is 9.47. The van der Waals surface area contributed by atoms with Crippen LogP contribution in [0.25, 0.3) is 0 Å². The molecule has 128 valence electrons. The highest BCUT2D eigenvalue weighted by Gasteiger charge is 2.04. The van der Waals surface area contributed by atoms with Gasteiger partial charge < -0.3 is 19.9 Å².